The number of carbonyl (C=O) groups is 1. The van der Waals surface area contributed by atoms with Gasteiger partial charge in [0.05, 0.1) is 18.3 Å². The summed E-state index contributed by atoms with van der Waals surface area (Å²) in [5.41, 5.74) is 5.17. The Morgan fingerprint density at radius 2 is 2.21 bits per heavy atom. The molecule has 0 aromatic heterocycles. The maximum atomic E-state index is 12.1. The van der Waals surface area contributed by atoms with Crippen molar-refractivity contribution in [2.45, 2.75) is 26.2 Å². The van der Waals surface area contributed by atoms with Crippen molar-refractivity contribution in [1.29, 1.82) is 0 Å². The molecule has 0 aromatic carbocycles. The molecule has 2 aliphatic rings. The van der Waals surface area contributed by atoms with Crippen molar-refractivity contribution in [3.05, 3.63) is 24.0 Å². The van der Waals surface area contributed by atoms with Crippen LogP contribution < -0.4 is 5.73 Å². The van der Waals surface area contributed by atoms with E-state index in [1.807, 2.05) is 18.2 Å². The van der Waals surface area contributed by atoms with Crippen LogP contribution in [0.25, 0.3) is 0 Å². The number of methoxy groups -OCH3 is 1. The van der Waals surface area contributed by atoms with Crippen molar-refractivity contribution in [1.82, 2.24) is 4.90 Å². The summed E-state index contributed by atoms with van der Waals surface area (Å²) in [4.78, 5) is 14.5. The number of primary amides is 1. The summed E-state index contributed by atoms with van der Waals surface area (Å²) >= 11 is 0. The number of ether oxygens (including phenoxy) is 1. The van der Waals surface area contributed by atoms with Gasteiger partial charge in [-0.1, -0.05) is 19.1 Å². The van der Waals surface area contributed by atoms with E-state index in [4.69, 9.17) is 10.5 Å². The van der Waals surface area contributed by atoms with E-state index in [1.54, 1.807) is 7.11 Å². The summed E-state index contributed by atoms with van der Waals surface area (Å²) in [6.45, 7) is 5.36. The smallest absolute Gasteiger partial charge is 0.228 e. The molecule has 4 heteroatoms. The van der Waals surface area contributed by atoms with Crippen LogP contribution in [0.3, 0.4) is 0 Å². The molecule has 0 saturated carbocycles. The number of carbonyl (C=O) groups excluding carboxylic acids is 1. The quantitative estimate of drug-likeness (QED) is 0.840. The van der Waals surface area contributed by atoms with Crippen LogP contribution in [0.15, 0.2) is 24.0 Å². The molecule has 2 N–H and O–H groups in total. The van der Waals surface area contributed by atoms with Gasteiger partial charge < -0.3 is 15.4 Å². The number of piperidine rings is 1. The van der Waals surface area contributed by atoms with E-state index in [2.05, 4.69) is 11.8 Å². The Kier molecular flexibility index (Phi) is 4.30. The monoisotopic (exact) mass is 264 g/mol. The minimum Gasteiger partial charge on any atom is -0.501 e. The Morgan fingerprint density at radius 3 is 2.74 bits per heavy atom. The van der Waals surface area contributed by atoms with Gasteiger partial charge in [-0.2, -0.15) is 0 Å². The van der Waals surface area contributed by atoms with Crippen LogP contribution in [0.2, 0.25) is 0 Å². The van der Waals surface area contributed by atoms with Gasteiger partial charge in [-0.05, 0) is 44.5 Å². The predicted octanol–water partition coefficient (Wildman–Crippen LogP) is 1.68. The van der Waals surface area contributed by atoms with E-state index in [0.29, 0.717) is 12.3 Å². The molecule has 1 amide bonds. The lowest BCUT2D eigenvalue weighted by atomic mass is 9.66. The standard InChI is InChI=1S/C15H24N2O2/c1-3-17-9-6-12(7-10-17)15(14(16)18)8-4-5-13(11-15)19-2/h4-5,8,12H,3,6-7,9-11H2,1-2H3,(H2,16,18). The number of nitrogens with two attached hydrogens (primary N) is 1. The zero-order chi connectivity index (χ0) is 13.9. The maximum absolute atomic E-state index is 12.1. The Hall–Kier alpha value is -1.29. The molecule has 1 unspecified atom stereocenters. The van der Waals surface area contributed by atoms with Gasteiger partial charge in [0.2, 0.25) is 5.91 Å². The Bertz CT molecular complexity index is 395. The molecule has 0 radical (unpaired) electrons. The van der Waals surface area contributed by atoms with Crippen molar-refractivity contribution in [2.24, 2.45) is 17.1 Å². The topological polar surface area (TPSA) is 55.6 Å². The van der Waals surface area contributed by atoms with Crippen LogP contribution in [0, 0.1) is 11.3 Å². The third kappa shape index (κ3) is 2.68. The predicted molar refractivity (Wildman–Crippen MR) is 75.3 cm³/mol. The molecule has 1 aliphatic heterocycles. The van der Waals surface area contributed by atoms with E-state index in [0.717, 1.165) is 38.2 Å². The van der Waals surface area contributed by atoms with Crippen molar-refractivity contribution in [3.63, 3.8) is 0 Å². The number of hydrogen-bond donors (Lipinski definition) is 1. The average molecular weight is 264 g/mol. The van der Waals surface area contributed by atoms with Crippen LogP contribution in [-0.2, 0) is 9.53 Å². The molecule has 2 rings (SSSR count). The van der Waals surface area contributed by atoms with E-state index >= 15 is 0 Å². The molecule has 1 fully saturated rings. The fraction of sp³-hybridized carbons (Fsp3) is 0.667. The molecule has 0 spiro atoms. The second kappa shape index (κ2) is 5.78. The molecule has 0 bridgehead atoms. The first-order valence-electron chi connectivity index (χ1n) is 7.07. The SMILES string of the molecule is CCN1CCC(C2(C(N)=O)C=CC=C(OC)C2)CC1. The van der Waals surface area contributed by atoms with Gasteiger partial charge in [0, 0.05) is 6.42 Å². The summed E-state index contributed by atoms with van der Waals surface area (Å²) in [5.74, 6) is 0.948. The lowest BCUT2D eigenvalue weighted by Gasteiger charge is -2.42. The van der Waals surface area contributed by atoms with Gasteiger partial charge in [-0.25, -0.2) is 0 Å². The second-order valence-electron chi connectivity index (χ2n) is 5.49. The number of likely N-dealkylation sites (tertiary alicyclic amines) is 1. The first-order chi connectivity index (χ1) is 9.12. The van der Waals surface area contributed by atoms with Gasteiger partial charge in [-0.15, -0.1) is 0 Å². The highest BCUT2D eigenvalue weighted by molar-refractivity contribution is 5.84. The zero-order valence-corrected chi connectivity index (χ0v) is 11.9. The molecule has 1 heterocycles. The Balaban J connectivity index is 2.16. The minimum absolute atomic E-state index is 0.221. The van der Waals surface area contributed by atoms with Crippen LogP contribution in [0.4, 0.5) is 0 Å². The fourth-order valence-corrected chi connectivity index (χ4v) is 3.29. The molecule has 106 valence electrons. The van der Waals surface area contributed by atoms with Gasteiger partial charge in [0.25, 0.3) is 0 Å². The van der Waals surface area contributed by atoms with Crippen molar-refractivity contribution in [3.8, 4) is 0 Å². The number of allylic oxidation sites excluding steroid dienone is 3. The average Bonchev–Trinajstić information content (AvgIpc) is 2.47. The highest BCUT2D eigenvalue weighted by Crippen LogP contribution is 2.43. The third-order valence-corrected chi connectivity index (χ3v) is 4.63. The van der Waals surface area contributed by atoms with Crippen LogP contribution in [0.1, 0.15) is 26.2 Å². The maximum Gasteiger partial charge on any atom is 0.228 e. The van der Waals surface area contributed by atoms with E-state index < -0.39 is 5.41 Å². The summed E-state index contributed by atoms with van der Waals surface area (Å²) in [7, 11) is 1.65. The largest absolute Gasteiger partial charge is 0.501 e. The molecule has 1 aliphatic carbocycles. The molecule has 19 heavy (non-hydrogen) atoms. The fourth-order valence-electron chi connectivity index (χ4n) is 3.29. The highest BCUT2D eigenvalue weighted by Gasteiger charge is 2.44. The summed E-state index contributed by atoms with van der Waals surface area (Å²) in [6, 6.07) is 0. The van der Waals surface area contributed by atoms with Crippen LogP contribution in [0.5, 0.6) is 0 Å². The molecule has 1 atom stereocenters. The first kappa shape index (κ1) is 14.1. The van der Waals surface area contributed by atoms with Crippen molar-refractivity contribution < 1.29 is 9.53 Å². The first-order valence-corrected chi connectivity index (χ1v) is 7.07. The summed E-state index contributed by atoms with van der Waals surface area (Å²) in [5, 5.41) is 0. The molecule has 4 nitrogen and oxygen atoms in total. The second-order valence-corrected chi connectivity index (χ2v) is 5.49. The number of rotatable bonds is 4. The minimum atomic E-state index is -0.556. The molecule has 1 saturated heterocycles. The Morgan fingerprint density at radius 1 is 1.53 bits per heavy atom. The van der Waals surface area contributed by atoms with Gasteiger partial charge >= 0.3 is 0 Å². The molecular formula is C15H24N2O2. The number of amides is 1. The number of nitrogens with zero attached hydrogens (tertiary/aromatic N) is 1. The van der Waals surface area contributed by atoms with E-state index in [-0.39, 0.29) is 5.91 Å². The number of hydrogen-bond acceptors (Lipinski definition) is 3. The summed E-state index contributed by atoms with van der Waals surface area (Å²) in [6.07, 6.45) is 8.48. The van der Waals surface area contributed by atoms with Crippen molar-refractivity contribution >= 4 is 5.91 Å². The lowest BCUT2D eigenvalue weighted by molar-refractivity contribution is -0.129. The third-order valence-electron chi connectivity index (χ3n) is 4.63. The Labute approximate surface area is 115 Å². The highest BCUT2D eigenvalue weighted by atomic mass is 16.5. The normalized spacial score (nSPS) is 29.1. The van der Waals surface area contributed by atoms with Gasteiger partial charge in [0.15, 0.2) is 0 Å². The van der Waals surface area contributed by atoms with Crippen molar-refractivity contribution in [2.75, 3.05) is 26.7 Å². The molecule has 0 aromatic rings. The lowest BCUT2D eigenvalue weighted by Crippen LogP contribution is -2.47. The van der Waals surface area contributed by atoms with E-state index in [1.165, 1.54) is 0 Å². The van der Waals surface area contributed by atoms with E-state index in [9.17, 15) is 4.79 Å². The van der Waals surface area contributed by atoms with Gasteiger partial charge in [0.1, 0.15) is 0 Å². The molecular weight excluding hydrogens is 240 g/mol. The van der Waals surface area contributed by atoms with Crippen LogP contribution in [-0.4, -0.2) is 37.6 Å². The van der Waals surface area contributed by atoms with Gasteiger partial charge in [-0.3, -0.25) is 4.79 Å². The van der Waals surface area contributed by atoms with Crippen LogP contribution >= 0.6 is 0 Å². The zero-order valence-electron chi connectivity index (χ0n) is 11.9. The summed E-state index contributed by atoms with van der Waals surface area (Å²) < 4.78 is 5.32.